The summed E-state index contributed by atoms with van der Waals surface area (Å²) in [5, 5.41) is 2.99. The van der Waals surface area contributed by atoms with Crippen LogP contribution in [0, 0.1) is 25.7 Å². The number of likely N-dealkylation sites (N-methyl/N-ethyl adjacent to an activating group) is 1. The summed E-state index contributed by atoms with van der Waals surface area (Å²) in [6.45, 7) is 11.2. The van der Waals surface area contributed by atoms with Gasteiger partial charge in [-0.2, -0.15) is 0 Å². The van der Waals surface area contributed by atoms with Crippen molar-refractivity contribution in [2.75, 3.05) is 26.2 Å². The summed E-state index contributed by atoms with van der Waals surface area (Å²) in [6, 6.07) is 0. The minimum atomic E-state index is -0.448. The zero-order valence-electron chi connectivity index (χ0n) is 17.5. The van der Waals surface area contributed by atoms with Crippen molar-refractivity contribution in [3.05, 3.63) is 46.6 Å². The lowest BCUT2D eigenvalue weighted by atomic mass is 9.84. The molecular formula is C22H29FN4O2. The van der Waals surface area contributed by atoms with Gasteiger partial charge in [0.1, 0.15) is 5.83 Å². The maximum absolute atomic E-state index is 13.7. The fourth-order valence-corrected chi connectivity index (χ4v) is 4.14. The van der Waals surface area contributed by atoms with E-state index in [9.17, 15) is 14.0 Å². The Hall–Kier alpha value is -2.54. The molecule has 2 amide bonds. The van der Waals surface area contributed by atoms with Gasteiger partial charge in [0.25, 0.3) is 5.91 Å². The zero-order chi connectivity index (χ0) is 21.1. The first kappa shape index (κ1) is 21.2. The number of aryl methyl sites for hydroxylation is 1. The van der Waals surface area contributed by atoms with Crippen molar-refractivity contribution in [2.45, 2.75) is 34.1 Å². The van der Waals surface area contributed by atoms with E-state index < -0.39 is 5.92 Å². The van der Waals surface area contributed by atoms with Crippen molar-refractivity contribution in [3.8, 4) is 0 Å². The van der Waals surface area contributed by atoms with Crippen LogP contribution in [0.25, 0.3) is 0 Å². The quantitative estimate of drug-likeness (QED) is 0.704. The van der Waals surface area contributed by atoms with E-state index in [-0.39, 0.29) is 23.6 Å². The van der Waals surface area contributed by atoms with Gasteiger partial charge in [-0.15, -0.1) is 0 Å². The molecule has 2 aliphatic rings. The molecule has 1 aromatic rings. The van der Waals surface area contributed by atoms with Crippen LogP contribution in [0.2, 0.25) is 0 Å². The summed E-state index contributed by atoms with van der Waals surface area (Å²) in [4.78, 5) is 34.7. The molecule has 0 unspecified atom stereocenters. The third-order valence-corrected chi connectivity index (χ3v) is 5.88. The number of fused-ring (bicyclic) bond motifs is 1. The van der Waals surface area contributed by atoms with Crippen LogP contribution in [-0.2, 0) is 11.2 Å². The van der Waals surface area contributed by atoms with Crippen molar-refractivity contribution >= 4 is 17.5 Å². The number of nitrogens with one attached hydrogen (secondary N) is 2. The number of halogens is 1. The van der Waals surface area contributed by atoms with Crippen LogP contribution < -0.4 is 5.32 Å². The molecule has 0 bridgehead atoms. The highest BCUT2D eigenvalue weighted by Gasteiger charge is 2.38. The molecule has 156 valence electrons. The first-order valence-corrected chi connectivity index (χ1v) is 10.2. The fourth-order valence-electron chi connectivity index (χ4n) is 4.14. The SMILES string of the molecule is CCN(CC)CCNC(=O)c1c(C)[nH]c(C[C@@H]2C(=O)N=C3C=CC(F)=C[C@H]32)c1C. The van der Waals surface area contributed by atoms with Crippen LogP contribution in [0.15, 0.2) is 29.0 Å². The van der Waals surface area contributed by atoms with E-state index in [2.05, 4.69) is 34.0 Å². The zero-order valence-corrected chi connectivity index (χ0v) is 17.5. The summed E-state index contributed by atoms with van der Waals surface area (Å²) < 4.78 is 13.7. The van der Waals surface area contributed by atoms with Gasteiger partial charge in [0.15, 0.2) is 0 Å². The van der Waals surface area contributed by atoms with Crippen molar-refractivity contribution < 1.29 is 14.0 Å². The molecule has 1 aromatic heterocycles. The minimum absolute atomic E-state index is 0.115. The molecule has 1 aliphatic carbocycles. The van der Waals surface area contributed by atoms with Crippen molar-refractivity contribution in [3.63, 3.8) is 0 Å². The van der Waals surface area contributed by atoms with Gasteiger partial charge < -0.3 is 15.2 Å². The molecule has 2 N–H and O–H groups in total. The number of H-pyrrole nitrogens is 1. The van der Waals surface area contributed by atoms with Crippen LogP contribution in [-0.4, -0.2) is 53.6 Å². The number of hydrogen-bond donors (Lipinski definition) is 2. The molecular weight excluding hydrogens is 371 g/mol. The Balaban J connectivity index is 1.70. The number of nitrogens with zero attached hydrogens (tertiary/aromatic N) is 2. The van der Waals surface area contributed by atoms with Gasteiger partial charge in [-0.05, 0) is 50.7 Å². The van der Waals surface area contributed by atoms with Gasteiger partial charge in [-0.3, -0.25) is 9.59 Å². The topological polar surface area (TPSA) is 77.6 Å². The monoisotopic (exact) mass is 400 g/mol. The lowest BCUT2D eigenvalue weighted by Gasteiger charge is -2.18. The van der Waals surface area contributed by atoms with E-state index in [4.69, 9.17) is 0 Å². The van der Waals surface area contributed by atoms with Crippen LogP contribution in [0.4, 0.5) is 4.39 Å². The lowest BCUT2D eigenvalue weighted by Crippen LogP contribution is -2.35. The van der Waals surface area contributed by atoms with Crippen molar-refractivity contribution in [1.29, 1.82) is 0 Å². The summed E-state index contributed by atoms with van der Waals surface area (Å²) >= 11 is 0. The molecule has 6 nitrogen and oxygen atoms in total. The number of carbonyl (C=O) groups excluding carboxylic acids is 2. The maximum Gasteiger partial charge on any atom is 0.253 e. The van der Waals surface area contributed by atoms with Crippen LogP contribution in [0.3, 0.4) is 0 Å². The van der Waals surface area contributed by atoms with Crippen LogP contribution >= 0.6 is 0 Å². The molecule has 2 heterocycles. The van der Waals surface area contributed by atoms with E-state index in [0.29, 0.717) is 24.2 Å². The maximum atomic E-state index is 13.7. The Bertz CT molecular complexity index is 893. The van der Waals surface area contributed by atoms with Gasteiger partial charge in [0, 0.05) is 36.8 Å². The fraction of sp³-hybridized carbons (Fsp3) is 0.500. The van der Waals surface area contributed by atoms with E-state index in [1.54, 1.807) is 6.08 Å². The number of allylic oxidation sites excluding steroid dienone is 4. The number of aromatic amines is 1. The molecule has 0 saturated heterocycles. The van der Waals surface area contributed by atoms with E-state index >= 15 is 0 Å². The first-order chi connectivity index (χ1) is 13.8. The van der Waals surface area contributed by atoms with Crippen molar-refractivity contribution in [1.82, 2.24) is 15.2 Å². The third kappa shape index (κ3) is 4.40. The standard InChI is InChI=1S/C22H29FN4O2/c1-5-27(6-2)10-9-24-22(29)20-13(3)19(25-14(20)4)12-17-16-11-15(23)7-8-18(16)26-21(17)28/h7-8,11,16-17,25H,5-6,9-10,12H2,1-4H3,(H,24,29)/t16-,17-/m0/s1. The highest BCUT2D eigenvalue weighted by molar-refractivity contribution is 6.12. The van der Waals surface area contributed by atoms with E-state index in [1.165, 1.54) is 12.2 Å². The number of carbonyl (C=O) groups is 2. The normalized spacial score (nSPS) is 20.7. The molecule has 7 heteroatoms. The van der Waals surface area contributed by atoms with Gasteiger partial charge in [0.05, 0.1) is 17.2 Å². The Morgan fingerprint density at radius 3 is 2.69 bits per heavy atom. The number of aromatic nitrogens is 1. The molecule has 0 saturated carbocycles. The summed E-state index contributed by atoms with van der Waals surface area (Å²) in [7, 11) is 0. The van der Waals surface area contributed by atoms with E-state index in [0.717, 1.165) is 36.6 Å². The highest BCUT2D eigenvalue weighted by atomic mass is 19.1. The molecule has 29 heavy (non-hydrogen) atoms. The van der Waals surface area contributed by atoms with Crippen molar-refractivity contribution in [2.24, 2.45) is 16.8 Å². The lowest BCUT2D eigenvalue weighted by molar-refractivity contribution is -0.121. The molecule has 3 rings (SSSR count). The summed E-state index contributed by atoms with van der Waals surface area (Å²) in [5.74, 6) is -1.49. The predicted octanol–water partition coefficient (Wildman–Crippen LogP) is 2.88. The van der Waals surface area contributed by atoms with Gasteiger partial charge in [0.2, 0.25) is 5.91 Å². The number of amides is 2. The van der Waals surface area contributed by atoms with Gasteiger partial charge in [-0.25, -0.2) is 9.38 Å². The number of rotatable bonds is 8. The Labute approximate surface area is 171 Å². The molecule has 2 atom stereocenters. The molecule has 0 fully saturated rings. The predicted molar refractivity (Wildman–Crippen MR) is 112 cm³/mol. The third-order valence-electron chi connectivity index (χ3n) is 5.88. The molecule has 0 radical (unpaired) electrons. The Kier molecular flexibility index (Phi) is 6.47. The number of hydrogen-bond acceptors (Lipinski definition) is 3. The smallest absolute Gasteiger partial charge is 0.253 e. The summed E-state index contributed by atoms with van der Waals surface area (Å²) in [5.41, 5.74) is 3.66. The minimum Gasteiger partial charge on any atom is -0.362 e. The van der Waals surface area contributed by atoms with Gasteiger partial charge in [-0.1, -0.05) is 13.8 Å². The Morgan fingerprint density at radius 2 is 2.00 bits per heavy atom. The largest absolute Gasteiger partial charge is 0.362 e. The first-order valence-electron chi connectivity index (χ1n) is 10.2. The average Bonchev–Trinajstić information content (AvgIpc) is 3.14. The highest BCUT2D eigenvalue weighted by Crippen LogP contribution is 2.33. The van der Waals surface area contributed by atoms with Gasteiger partial charge >= 0.3 is 0 Å². The molecule has 0 aromatic carbocycles. The second-order valence-corrected chi connectivity index (χ2v) is 7.61. The van der Waals surface area contributed by atoms with E-state index in [1.807, 2.05) is 13.8 Å². The second-order valence-electron chi connectivity index (χ2n) is 7.61. The molecule has 0 spiro atoms. The second kappa shape index (κ2) is 8.86. The average molecular weight is 400 g/mol. The number of aliphatic imine (C=N–C) groups is 1. The molecule has 1 aliphatic heterocycles. The van der Waals surface area contributed by atoms with Crippen LogP contribution in [0.1, 0.15) is 41.2 Å². The Morgan fingerprint density at radius 1 is 1.28 bits per heavy atom. The van der Waals surface area contributed by atoms with Crippen LogP contribution in [0.5, 0.6) is 0 Å². The summed E-state index contributed by atoms with van der Waals surface area (Å²) in [6.07, 6.45) is 4.75.